The summed E-state index contributed by atoms with van der Waals surface area (Å²) in [5.41, 5.74) is 2.21. The molecule has 0 amide bonds. The number of phenolic OH excluding ortho intramolecular Hbond substituents is 1. The number of phenols is 1. The fourth-order valence-corrected chi connectivity index (χ4v) is 2.44. The molecule has 3 rings (SSSR count). The summed E-state index contributed by atoms with van der Waals surface area (Å²) in [4.78, 5) is 12.7. The van der Waals surface area contributed by atoms with Gasteiger partial charge in [0.25, 0.3) is 5.56 Å². The largest absolute Gasteiger partial charge is 0.508 e. The predicted molar refractivity (Wildman–Crippen MR) is 85.9 cm³/mol. The summed E-state index contributed by atoms with van der Waals surface area (Å²) in [6.45, 7) is 1.95. The third-order valence-electron chi connectivity index (χ3n) is 3.70. The zero-order valence-corrected chi connectivity index (χ0v) is 12.2. The van der Waals surface area contributed by atoms with E-state index in [1.54, 1.807) is 36.5 Å². The molecule has 3 aromatic rings. The van der Waals surface area contributed by atoms with Gasteiger partial charge in [-0.1, -0.05) is 42.5 Å². The zero-order valence-electron chi connectivity index (χ0n) is 12.2. The van der Waals surface area contributed by atoms with Crippen molar-refractivity contribution in [1.29, 1.82) is 0 Å². The fraction of sp³-hybridized carbons (Fsp3) is 0.111. The standard InChI is InChI=1S/C18H16N2O2/c1-13(14-5-3-2-4-6-14)20-18(22)17(11-12-19-20)15-7-9-16(21)10-8-15/h2-13,21H,1H3. The van der Waals surface area contributed by atoms with Crippen molar-refractivity contribution < 1.29 is 5.11 Å². The molecule has 1 unspecified atom stereocenters. The molecule has 2 aromatic carbocycles. The normalized spacial score (nSPS) is 12.0. The third-order valence-corrected chi connectivity index (χ3v) is 3.70. The monoisotopic (exact) mass is 292 g/mol. The molecular formula is C18H16N2O2. The summed E-state index contributed by atoms with van der Waals surface area (Å²) < 4.78 is 1.48. The molecular weight excluding hydrogens is 276 g/mol. The summed E-state index contributed by atoms with van der Waals surface area (Å²) in [7, 11) is 0. The van der Waals surface area contributed by atoms with Crippen LogP contribution in [0, 0.1) is 0 Å². The van der Waals surface area contributed by atoms with Crippen LogP contribution in [0.4, 0.5) is 0 Å². The minimum atomic E-state index is -0.149. The average Bonchev–Trinajstić information content (AvgIpc) is 2.56. The van der Waals surface area contributed by atoms with Gasteiger partial charge in [-0.3, -0.25) is 4.79 Å². The van der Waals surface area contributed by atoms with E-state index in [4.69, 9.17) is 0 Å². The molecule has 4 nitrogen and oxygen atoms in total. The topological polar surface area (TPSA) is 55.1 Å². The molecule has 4 heteroatoms. The van der Waals surface area contributed by atoms with Crippen LogP contribution < -0.4 is 5.56 Å². The summed E-state index contributed by atoms with van der Waals surface area (Å²) in [6.07, 6.45) is 1.63. The van der Waals surface area contributed by atoms with Gasteiger partial charge in [0.15, 0.2) is 0 Å². The number of benzene rings is 2. The van der Waals surface area contributed by atoms with Crippen LogP contribution in [0.25, 0.3) is 11.1 Å². The Kier molecular flexibility index (Phi) is 3.74. The molecule has 110 valence electrons. The van der Waals surface area contributed by atoms with Gasteiger partial charge in [-0.2, -0.15) is 5.10 Å². The molecule has 0 radical (unpaired) electrons. The first-order valence-corrected chi connectivity index (χ1v) is 7.09. The third kappa shape index (κ3) is 2.63. The molecule has 0 saturated heterocycles. The maximum Gasteiger partial charge on any atom is 0.275 e. The summed E-state index contributed by atoms with van der Waals surface area (Å²) in [5.74, 6) is 0.177. The quantitative estimate of drug-likeness (QED) is 0.806. The lowest BCUT2D eigenvalue weighted by Gasteiger charge is -2.15. The second-order valence-corrected chi connectivity index (χ2v) is 5.13. The van der Waals surface area contributed by atoms with E-state index in [-0.39, 0.29) is 17.4 Å². The minimum absolute atomic E-state index is 0.147. The van der Waals surface area contributed by atoms with E-state index in [1.807, 2.05) is 37.3 Å². The molecule has 1 N–H and O–H groups in total. The molecule has 0 fully saturated rings. The van der Waals surface area contributed by atoms with Gasteiger partial charge in [-0.25, -0.2) is 4.68 Å². The van der Waals surface area contributed by atoms with E-state index in [1.165, 1.54) is 4.68 Å². The molecule has 1 heterocycles. The SMILES string of the molecule is CC(c1ccccc1)n1nccc(-c2ccc(O)cc2)c1=O. The van der Waals surface area contributed by atoms with Crippen LogP contribution in [0.15, 0.2) is 71.7 Å². The van der Waals surface area contributed by atoms with Crippen molar-refractivity contribution in [1.82, 2.24) is 9.78 Å². The Morgan fingerprint density at radius 3 is 2.36 bits per heavy atom. The molecule has 0 aliphatic rings. The molecule has 22 heavy (non-hydrogen) atoms. The van der Waals surface area contributed by atoms with E-state index in [9.17, 15) is 9.90 Å². The lowest BCUT2D eigenvalue weighted by Crippen LogP contribution is -2.27. The molecule has 0 aliphatic heterocycles. The van der Waals surface area contributed by atoms with E-state index in [0.717, 1.165) is 11.1 Å². The summed E-state index contributed by atoms with van der Waals surface area (Å²) in [5, 5.41) is 13.6. The summed E-state index contributed by atoms with van der Waals surface area (Å²) in [6, 6.07) is 17.9. The van der Waals surface area contributed by atoms with Crippen LogP contribution in [0.2, 0.25) is 0 Å². The Morgan fingerprint density at radius 2 is 1.68 bits per heavy atom. The van der Waals surface area contributed by atoms with Gasteiger partial charge in [0.1, 0.15) is 5.75 Å². The lowest BCUT2D eigenvalue weighted by atomic mass is 10.1. The number of nitrogens with zero attached hydrogens (tertiary/aromatic N) is 2. The first kappa shape index (κ1) is 14.1. The number of rotatable bonds is 3. The highest BCUT2D eigenvalue weighted by atomic mass is 16.3. The van der Waals surface area contributed by atoms with Crippen molar-refractivity contribution >= 4 is 0 Å². The highest BCUT2D eigenvalue weighted by Crippen LogP contribution is 2.20. The van der Waals surface area contributed by atoms with Gasteiger partial charge in [0.2, 0.25) is 0 Å². The van der Waals surface area contributed by atoms with E-state index in [2.05, 4.69) is 5.10 Å². The predicted octanol–water partition coefficient (Wildman–Crippen LogP) is 3.23. The Hall–Kier alpha value is -2.88. The van der Waals surface area contributed by atoms with Crippen molar-refractivity contribution in [2.45, 2.75) is 13.0 Å². The van der Waals surface area contributed by atoms with E-state index in [0.29, 0.717) is 5.56 Å². The first-order valence-electron chi connectivity index (χ1n) is 7.09. The van der Waals surface area contributed by atoms with Crippen molar-refractivity contribution in [3.63, 3.8) is 0 Å². The minimum Gasteiger partial charge on any atom is -0.508 e. The summed E-state index contributed by atoms with van der Waals surface area (Å²) >= 11 is 0. The highest BCUT2D eigenvalue weighted by Gasteiger charge is 2.13. The molecule has 0 saturated carbocycles. The van der Waals surface area contributed by atoms with Gasteiger partial charge in [-0.15, -0.1) is 0 Å². The molecule has 0 aliphatic carbocycles. The Balaban J connectivity index is 2.06. The molecule has 1 atom stereocenters. The second kappa shape index (κ2) is 5.85. The maximum absolute atomic E-state index is 12.7. The Labute approximate surface area is 128 Å². The van der Waals surface area contributed by atoms with Crippen molar-refractivity contribution in [3.8, 4) is 16.9 Å². The smallest absolute Gasteiger partial charge is 0.275 e. The number of hydrogen-bond donors (Lipinski definition) is 1. The molecule has 0 bridgehead atoms. The molecule has 0 spiro atoms. The number of aromatic hydroxyl groups is 1. The number of aromatic nitrogens is 2. The van der Waals surface area contributed by atoms with Crippen molar-refractivity contribution in [3.05, 3.63) is 82.8 Å². The van der Waals surface area contributed by atoms with Crippen LogP contribution in [0.1, 0.15) is 18.5 Å². The van der Waals surface area contributed by atoms with Crippen molar-refractivity contribution in [2.75, 3.05) is 0 Å². The van der Waals surface area contributed by atoms with Crippen LogP contribution in [0.5, 0.6) is 5.75 Å². The maximum atomic E-state index is 12.7. The molecule has 1 aromatic heterocycles. The van der Waals surface area contributed by atoms with Crippen LogP contribution in [-0.4, -0.2) is 14.9 Å². The Bertz CT molecular complexity index is 824. The van der Waals surface area contributed by atoms with Gasteiger partial charge in [0, 0.05) is 6.20 Å². The van der Waals surface area contributed by atoms with Crippen LogP contribution in [0.3, 0.4) is 0 Å². The average molecular weight is 292 g/mol. The van der Waals surface area contributed by atoms with E-state index < -0.39 is 0 Å². The highest BCUT2D eigenvalue weighted by molar-refractivity contribution is 5.62. The van der Waals surface area contributed by atoms with Crippen LogP contribution >= 0.6 is 0 Å². The fourth-order valence-electron chi connectivity index (χ4n) is 2.44. The van der Waals surface area contributed by atoms with Crippen molar-refractivity contribution in [2.24, 2.45) is 0 Å². The number of hydrogen-bond acceptors (Lipinski definition) is 3. The van der Waals surface area contributed by atoms with Crippen LogP contribution in [-0.2, 0) is 0 Å². The van der Waals surface area contributed by atoms with E-state index >= 15 is 0 Å². The lowest BCUT2D eigenvalue weighted by molar-refractivity contribution is 0.475. The second-order valence-electron chi connectivity index (χ2n) is 5.13. The van der Waals surface area contributed by atoms with Gasteiger partial charge < -0.3 is 5.11 Å². The van der Waals surface area contributed by atoms with Gasteiger partial charge in [-0.05, 0) is 36.2 Å². The van der Waals surface area contributed by atoms with Gasteiger partial charge >= 0.3 is 0 Å². The van der Waals surface area contributed by atoms with Gasteiger partial charge in [0.05, 0.1) is 11.6 Å². The Morgan fingerprint density at radius 1 is 1.00 bits per heavy atom. The zero-order chi connectivity index (χ0) is 15.5. The first-order chi connectivity index (χ1) is 10.7.